The maximum atomic E-state index is 13.2. The molecule has 0 saturated carbocycles. The van der Waals surface area contributed by atoms with E-state index in [1.54, 1.807) is 30.6 Å². The molecule has 0 bridgehead atoms. The van der Waals surface area contributed by atoms with Gasteiger partial charge in [0.1, 0.15) is 24.2 Å². The second-order valence-electron chi connectivity index (χ2n) is 7.16. The zero-order chi connectivity index (χ0) is 25.4. The number of methoxy groups -OCH3 is 1. The summed E-state index contributed by atoms with van der Waals surface area (Å²) in [7, 11) is 1.59. The summed E-state index contributed by atoms with van der Waals surface area (Å²) < 4.78 is 37.2. The van der Waals surface area contributed by atoms with E-state index in [0.29, 0.717) is 22.6 Å². The summed E-state index contributed by atoms with van der Waals surface area (Å²) in [6.45, 7) is -0.492. The lowest BCUT2D eigenvalue weighted by Gasteiger charge is -2.15. The van der Waals surface area contributed by atoms with Crippen molar-refractivity contribution in [3.63, 3.8) is 0 Å². The van der Waals surface area contributed by atoms with E-state index in [1.165, 1.54) is 25.3 Å². The van der Waals surface area contributed by atoms with Crippen molar-refractivity contribution in [2.75, 3.05) is 25.6 Å². The van der Waals surface area contributed by atoms with Gasteiger partial charge in [0, 0.05) is 23.5 Å². The lowest BCUT2D eigenvalue weighted by atomic mass is 10.1. The third kappa shape index (κ3) is 6.49. The molecule has 2 radical (unpaired) electrons. The minimum atomic E-state index is -3.41. The van der Waals surface area contributed by atoms with Crippen LogP contribution in [0, 0.1) is 11.3 Å². The van der Waals surface area contributed by atoms with E-state index in [2.05, 4.69) is 26.7 Å². The minimum absolute atomic E-state index is 0.101. The summed E-state index contributed by atoms with van der Waals surface area (Å²) in [5.74, 6) is -3.13. The number of anilines is 2. The van der Waals surface area contributed by atoms with Crippen LogP contribution in [-0.4, -0.2) is 56.9 Å². The van der Waals surface area contributed by atoms with Crippen molar-refractivity contribution in [2.45, 2.75) is 12.5 Å². The van der Waals surface area contributed by atoms with Crippen LogP contribution in [0.4, 0.5) is 20.4 Å². The highest BCUT2D eigenvalue weighted by molar-refractivity contribution is 6.26. The molecule has 0 atom stereocenters. The van der Waals surface area contributed by atoms with Gasteiger partial charge in [0.05, 0.1) is 24.9 Å². The van der Waals surface area contributed by atoms with Gasteiger partial charge in [-0.2, -0.15) is 5.26 Å². The van der Waals surface area contributed by atoms with Crippen molar-refractivity contribution in [1.29, 1.82) is 5.26 Å². The fourth-order valence-corrected chi connectivity index (χ4v) is 3.34. The van der Waals surface area contributed by atoms with Crippen molar-refractivity contribution in [3.05, 3.63) is 59.9 Å². The summed E-state index contributed by atoms with van der Waals surface area (Å²) in [5.41, 5.74) is 2.49. The van der Waals surface area contributed by atoms with Crippen LogP contribution in [0.2, 0.25) is 6.55 Å². The first-order chi connectivity index (χ1) is 16.8. The molecule has 3 N–H and O–H groups in total. The van der Waals surface area contributed by atoms with E-state index in [4.69, 9.17) is 14.3 Å². The molecule has 0 spiro atoms. The van der Waals surface area contributed by atoms with E-state index >= 15 is 0 Å². The molecule has 1 heterocycles. The molecule has 0 aliphatic carbocycles. The van der Waals surface area contributed by atoms with Gasteiger partial charge in [-0.3, -0.25) is 4.79 Å². The normalized spacial score (nSPS) is 10.9. The second kappa shape index (κ2) is 11.4. The number of aliphatic hydroxyl groups excluding tert-OH is 1. The molecule has 3 rings (SSSR count). The smallest absolute Gasteiger partial charge is 0.307 e. The number of carbonyl (C=O) groups is 1. The largest absolute Gasteiger partial charge is 0.540 e. The molecule has 0 aliphatic heterocycles. The van der Waals surface area contributed by atoms with Gasteiger partial charge < -0.3 is 24.9 Å². The van der Waals surface area contributed by atoms with Crippen molar-refractivity contribution >= 4 is 27.3 Å². The van der Waals surface area contributed by atoms with Gasteiger partial charge in [-0.1, -0.05) is 6.07 Å². The number of alkyl halides is 2. The summed E-state index contributed by atoms with van der Waals surface area (Å²) in [6.07, 6.45) is 3.20. The molecule has 0 fully saturated rings. The van der Waals surface area contributed by atoms with Gasteiger partial charge in [0.2, 0.25) is 5.95 Å². The number of benzene rings is 2. The number of hydrogen-bond acceptors (Lipinski definition) is 8. The lowest BCUT2D eigenvalue weighted by Crippen LogP contribution is -2.38. The Kier molecular flexibility index (Phi) is 8.29. The van der Waals surface area contributed by atoms with E-state index in [1.807, 2.05) is 6.55 Å². The molecule has 3 aromatic rings. The van der Waals surface area contributed by atoms with Crippen LogP contribution in [0.1, 0.15) is 15.9 Å². The molecule has 0 saturated heterocycles. The van der Waals surface area contributed by atoms with Crippen LogP contribution in [0.15, 0.2) is 48.8 Å². The van der Waals surface area contributed by atoms with E-state index in [9.17, 15) is 18.8 Å². The molecule has 180 valence electrons. The summed E-state index contributed by atoms with van der Waals surface area (Å²) in [5, 5.41) is 22.9. The Labute approximate surface area is 202 Å². The van der Waals surface area contributed by atoms with Gasteiger partial charge in [0.15, 0.2) is 0 Å². The Morgan fingerprint density at radius 2 is 1.91 bits per heavy atom. The van der Waals surface area contributed by atoms with Crippen LogP contribution in [0.25, 0.3) is 11.1 Å². The van der Waals surface area contributed by atoms with Gasteiger partial charge in [0.25, 0.3) is 11.8 Å². The summed E-state index contributed by atoms with van der Waals surface area (Å²) in [6, 6.07) is 11.6. The number of rotatable bonds is 10. The van der Waals surface area contributed by atoms with Crippen molar-refractivity contribution in [1.82, 2.24) is 15.3 Å². The Balaban J connectivity index is 1.74. The standard InChI is InChI=1S/C23H21F2N5O4Si/c1-33-20-8-15(21(32)29-12-23(24,25)13-31)5-6-18(20)30-22-27-10-17(11-28-22)14-3-4-16(9-26)19(7-14)34-35-2/h3-8,10-11,31H,12-13H2,1-2H3,(H,29,32)(H,27,28,30). The van der Waals surface area contributed by atoms with E-state index in [-0.39, 0.29) is 27.0 Å². The van der Waals surface area contributed by atoms with Gasteiger partial charge in [-0.25, -0.2) is 18.7 Å². The number of aromatic nitrogens is 2. The predicted octanol–water partition coefficient (Wildman–Crippen LogP) is 3.17. The first-order valence-corrected chi connectivity index (χ1v) is 11.6. The van der Waals surface area contributed by atoms with Crippen LogP contribution in [0.3, 0.4) is 0 Å². The molecule has 12 heteroatoms. The van der Waals surface area contributed by atoms with Gasteiger partial charge >= 0.3 is 9.76 Å². The zero-order valence-corrected chi connectivity index (χ0v) is 19.8. The monoisotopic (exact) mass is 497 g/mol. The number of nitriles is 1. The molecule has 9 nitrogen and oxygen atoms in total. The highest BCUT2D eigenvalue weighted by Gasteiger charge is 2.28. The maximum Gasteiger partial charge on any atom is 0.307 e. The average molecular weight is 498 g/mol. The van der Waals surface area contributed by atoms with E-state index in [0.717, 1.165) is 5.56 Å². The number of nitrogens with zero attached hydrogens (tertiary/aromatic N) is 3. The topological polar surface area (TPSA) is 129 Å². The number of ether oxygens (including phenoxy) is 1. The molecular formula is C23H21F2N5O4Si. The molecule has 2 aromatic carbocycles. The van der Waals surface area contributed by atoms with Crippen molar-refractivity contribution in [2.24, 2.45) is 0 Å². The number of hydrogen-bond donors (Lipinski definition) is 3. The molecule has 0 aliphatic rings. The summed E-state index contributed by atoms with van der Waals surface area (Å²) in [4.78, 5) is 20.8. The third-order valence-corrected chi connectivity index (χ3v) is 5.17. The third-order valence-electron chi connectivity index (χ3n) is 4.75. The number of halogens is 2. The number of amides is 1. The van der Waals surface area contributed by atoms with Crippen LogP contribution in [0.5, 0.6) is 11.5 Å². The van der Waals surface area contributed by atoms with Crippen LogP contribution >= 0.6 is 0 Å². The molecule has 1 amide bonds. The Morgan fingerprint density at radius 3 is 2.54 bits per heavy atom. The number of nitrogens with one attached hydrogen (secondary N) is 2. The van der Waals surface area contributed by atoms with E-state index < -0.39 is 25.0 Å². The highest BCUT2D eigenvalue weighted by atomic mass is 28.2. The number of aliphatic hydroxyl groups is 1. The maximum absolute atomic E-state index is 13.2. The van der Waals surface area contributed by atoms with Crippen LogP contribution < -0.4 is 19.8 Å². The van der Waals surface area contributed by atoms with Crippen LogP contribution in [-0.2, 0) is 0 Å². The molecule has 1 aromatic heterocycles. The zero-order valence-electron chi connectivity index (χ0n) is 18.8. The Bertz CT molecular complexity index is 1240. The molecular weight excluding hydrogens is 476 g/mol. The average Bonchev–Trinajstić information content (AvgIpc) is 2.88. The first kappa shape index (κ1) is 25.5. The number of carbonyl (C=O) groups excluding carboxylic acids is 1. The molecule has 0 unspecified atom stereocenters. The SMILES string of the molecule is COc1cc(C(=O)NCC(F)(F)CO)ccc1Nc1ncc(-c2ccc(C#N)c(O[Si]C)c2)cn1. The minimum Gasteiger partial charge on any atom is -0.540 e. The lowest BCUT2D eigenvalue weighted by molar-refractivity contribution is -0.0462. The highest BCUT2D eigenvalue weighted by Crippen LogP contribution is 2.29. The van der Waals surface area contributed by atoms with Gasteiger partial charge in [-0.05, 0) is 42.4 Å². The molecule has 35 heavy (non-hydrogen) atoms. The quantitative estimate of drug-likeness (QED) is 0.364. The predicted molar refractivity (Wildman–Crippen MR) is 125 cm³/mol. The van der Waals surface area contributed by atoms with Gasteiger partial charge in [-0.15, -0.1) is 0 Å². The second-order valence-corrected chi connectivity index (χ2v) is 7.77. The Hall–Kier alpha value is -4.08. The summed E-state index contributed by atoms with van der Waals surface area (Å²) >= 11 is 0. The van der Waals surface area contributed by atoms with Crippen molar-refractivity contribution < 1.29 is 27.8 Å². The van der Waals surface area contributed by atoms with Crippen molar-refractivity contribution in [3.8, 4) is 28.7 Å². The fraction of sp³-hybridized carbons (Fsp3) is 0.217. The Morgan fingerprint density at radius 1 is 1.17 bits per heavy atom. The first-order valence-electron chi connectivity index (χ1n) is 10.2. The fourth-order valence-electron chi connectivity index (χ4n) is 2.95.